The zero-order valence-corrected chi connectivity index (χ0v) is 12.4. The van der Waals surface area contributed by atoms with Crippen LogP contribution in [0.3, 0.4) is 0 Å². The summed E-state index contributed by atoms with van der Waals surface area (Å²) in [6.07, 6.45) is 0. The third-order valence-electron chi connectivity index (χ3n) is 2.49. The van der Waals surface area contributed by atoms with Crippen molar-refractivity contribution in [3.05, 3.63) is 55.6 Å². The molecule has 1 N–H and O–H groups in total. The van der Waals surface area contributed by atoms with E-state index in [0.29, 0.717) is 11.6 Å². The van der Waals surface area contributed by atoms with E-state index in [2.05, 4.69) is 15.9 Å². The van der Waals surface area contributed by atoms with Gasteiger partial charge in [0.25, 0.3) is 5.56 Å². The SMILES string of the molecule is CCn1c(Sc2ccc(Br)cc2)cc(=O)n(O)c1=O. The van der Waals surface area contributed by atoms with Gasteiger partial charge in [0.1, 0.15) is 0 Å². The minimum Gasteiger partial charge on any atom is -0.421 e. The molecule has 19 heavy (non-hydrogen) atoms. The van der Waals surface area contributed by atoms with Gasteiger partial charge in [-0.25, -0.2) is 4.79 Å². The maximum atomic E-state index is 11.7. The maximum Gasteiger partial charge on any atom is 0.365 e. The fraction of sp³-hybridized carbons (Fsp3) is 0.167. The van der Waals surface area contributed by atoms with Crippen LogP contribution in [0.4, 0.5) is 0 Å². The lowest BCUT2D eigenvalue weighted by Crippen LogP contribution is -2.38. The van der Waals surface area contributed by atoms with Crippen LogP contribution < -0.4 is 11.2 Å². The van der Waals surface area contributed by atoms with Crippen molar-refractivity contribution in [2.45, 2.75) is 23.4 Å². The summed E-state index contributed by atoms with van der Waals surface area (Å²) >= 11 is 4.64. The van der Waals surface area contributed by atoms with Gasteiger partial charge in [-0.05, 0) is 31.2 Å². The largest absolute Gasteiger partial charge is 0.421 e. The molecule has 1 aromatic heterocycles. The Morgan fingerprint density at radius 3 is 2.47 bits per heavy atom. The van der Waals surface area contributed by atoms with E-state index in [1.165, 1.54) is 22.4 Å². The first-order valence-electron chi connectivity index (χ1n) is 5.52. The molecule has 1 heterocycles. The predicted octanol–water partition coefficient (Wildman–Crippen LogP) is 2.18. The van der Waals surface area contributed by atoms with E-state index in [1.807, 2.05) is 24.3 Å². The fourth-order valence-corrected chi connectivity index (χ4v) is 2.80. The van der Waals surface area contributed by atoms with Gasteiger partial charge < -0.3 is 5.21 Å². The van der Waals surface area contributed by atoms with E-state index in [9.17, 15) is 14.8 Å². The van der Waals surface area contributed by atoms with Crippen molar-refractivity contribution in [2.24, 2.45) is 0 Å². The van der Waals surface area contributed by atoms with Crippen LogP contribution in [0.25, 0.3) is 0 Å². The van der Waals surface area contributed by atoms with Crippen LogP contribution in [-0.4, -0.2) is 14.5 Å². The fourth-order valence-electron chi connectivity index (χ4n) is 1.55. The van der Waals surface area contributed by atoms with Crippen LogP contribution in [0, 0.1) is 0 Å². The van der Waals surface area contributed by atoms with Crippen molar-refractivity contribution in [3.8, 4) is 0 Å². The molecule has 0 aliphatic heterocycles. The number of hydrogen-bond donors (Lipinski definition) is 1. The first kappa shape index (κ1) is 14.0. The molecule has 0 aliphatic carbocycles. The molecule has 7 heteroatoms. The van der Waals surface area contributed by atoms with Crippen LogP contribution >= 0.6 is 27.7 Å². The summed E-state index contributed by atoms with van der Waals surface area (Å²) in [4.78, 5) is 24.1. The second-order valence-corrected chi connectivity index (χ2v) is 5.72. The lowest BCUT2D eigenvalue weighted by atomic mass is 10.4. The van der Waals surface area contributed by atoms with Gasteiger partial charge in [-0.3, -0.25) is 9.36 Å². The van der Waals surface area contributed by atoms with Gasteiger partial charge in [-0.1, -0.05) is 32.4 Å². The molecule has 0 saturated carbocycles. The van der Waals surface area contributed by atoms with Crippen molar-refractivity contribution >= 4 is 27.7 Å². The van der Waals surface area contributed by atoms with Crippen molar-refractivity contribution in [2.75, 3.05) is 0 Å². The van der Waals surface area contributed by atoms with Gasteiger partial charge in [0.2, 0.25) is 0 Å². The average molecular weight is 343 g/mol. The molecular formula is C12H11BrN2O3S. The van der Waals surface area contributed by atoms with Crippen molar-refractivity contribution in [3.63, 3.8) is 0 Å². The Hall–Kier alpha value is -1.47. The van der Waals surface area contributed by atoms with E-state index < -0.39 is 11.2 Å². The third kappa shape index (κ3) is 2.93. The summed E-state index contributed by atoms with van der Waals surface area (Å²) in [7, 11) is 0. The van der Waals surface area contributed by atoms with E-state index in [-0.39, 0.29) is 4.73 Å². The summed E-state index contributed by atoms with van der Waals surface area (Å²) in [5.41, 5.74) is -1.45. The Kier molecular flexibility index (Phi) is 4.16. The highest BCUT2D eigenvalue weighted by Crippen LogP contribution is 2.27. The minimum atomic E-state index is -0.727. The average Bonchev–Trinajstić information content (AvgIpc) is 2.39. The molecule has 5 nitrogen and oxygen atoms in total. The number of hydrogen-bond acceptors (Lipinski definition) is 4. The van der Waals surface area contributed by atoms with Gasteiger partial charge in [-0.15, -0.1) is 0 Å². The third-order valence-corrected chi connectivity index (χ3v) is 4.07. The molecule has 0 atom stereocenters. The number of nitrogens with zero attached hydrogens (tertiary/aromatic N) is 2. The van der Waals surface area contributed by atoms with Gasteiger partial charge in [-0.2, -0.15) is 0 Å². The van der Waals surface area contributed by atoms with Crippen molar-refractivity contribution in [1.29, 1.82) is 0 Å². The highest BCUT2D eigenvalue weighted by Gasteiger charge is 2.10. The van der Waals surface area contributed by atoms with Crippen LogP contribution in [0.2, 0.25) is 0 Å². The van der Waals surface area contributed by atoms with Crippen LogP contribution in [-0.2, 0) is 6.54 Å². The van der Waals surface area contributed by atoms with Crippen molar-refractivity contribution < 1.29 is 5.21 Å². The van der Waals surface area contributed by atoms with Gasteiger partial charge in [0.05, 0.1) is 5.03 Å². The zero-order chi connectivity index (χ0) is 14.0. The Bertz CT molecular complexity index is 706. The van der Waals surface area contributed by atoms with Crippen LogP contribution in [0.5, 0.6) is 0 Å². The lowest BCUT2D eigenvalue weighted by Gasteiger charge is -2.10. The number of halogens is 1. The second-order valence-electron chi connectivity index (χ2n) is 3.72. The number of aromatic nitrogens is 2. The van der Waals surface area contributed by atoms with Crippen LogP contribution in [0.1, 0.15) is 6.92 Å². The summed E-state index contributed by atoms with van der Waals surface area (Å²) in [6.45, 7) is 2.15. The Morgan fingerprint density at radius 2 is 1.89 bits per heavy atom. The molecule has 0 aliphatic rings. The first-order valence-corrected chi connectivity index (χ1v) is 7.13. The van der Waals surface area contributed by atoms with E-state index >= 15 is 0 Å². The minimum absolute atomic E-state index is 0.120. The highest BCUT2D eigenvalue weighted by atomic mass is 79.9. The van der Waals surface area contributed by atoms with Gasteiger partial charge >= 0.3 is 5.69 Å². The monoisotopic (exact) mass is 342 g/mol. The molecule has 0 spiro atoms. The topological polar surface area (TPSA) is 64.2 Å². The highest BCUT2D eigenvalue weighted by molar-refractivity contribution is 9.10. The smallest absolute Gasteiger partial charge is 0.365 e. The molecule has 1 aromatic carbocycles. The molecule has 0 fully saturated rings. The molecule has 0 amide bonds. The summed E-state index contributed by atoms with van der Waals surface area (Å²) < 4.78 is 2.42. The Labute approximate surface area is 121 Å². The molecule has 0 radical (unpaired) electrons. The normalized spacial score (nSPS) is 10.6. The molecule has 100 valence electrons. The summed E-state index contributed by atoms with van der Waals surface area (Å²) in [6, 6.07) is 8.76. The van der Waals surface area contributed by atoms with E-state index in [0.717, 1.165) is 9.37 Å². The second kappa shape index (κ2) is 5.66. The maximum absolute atomic E-state index is 11.7. The Morgan fingerprint density at radius 1 is 1.26 bits per heavy atom. The molecule has 2 aromatic rings. The molecule has 0 unspecified atom stereocenters. The zero-order valence-electron chi connectivity index (χ0n) is 10.0. The van der Waals surface area contributed by atoms with Crippen LogP contribution in [0.15, 0.2) is 54.3 Å². The summed E-state index contributed by atoms with van der Waals surface area (Å²) in [5, 5.41) is 9.81. The molecule has 2 rings (SSSR count). The van der Waals surface area contributed by atoms with Gasteiger partial charge in [0.15, 0.2) is 0 Å². The number of rotatable bonds is 3. The first-order chi connectivity index (χ1) is 9.02. The lowest BCUT2D eigenvalue weighted by molar-refractivity contribution is 0.152. The summed E-state index contributed by atoms with van der Waals surface area (Å²) in [5.74, 6) is 0. The standard InChI is InChI=1S/C12H11BrN2O3S/c1-2-14-11(7-10(16)15(18)12(14)17)19-9-5-3-8(13)4-6-9/h3-7,18H,2H2,1H3. The molecule has 0 bridgehead atoms. The van der Waals surface area contributed by atoms with E-state index in [4.69, 9.17) is 0 Å². The Balaban J connectivity index is 2.48. The van der Waals surface area contributed by atoms with Gasteiger partial charge in [0, 0.05) is 22.0 Å². The number of benzene rings is 1. The molecular weight excluding hydrogens is 332 g/mol. The quantitative estimate of drug-likeness (QED) is 0.685. The predicted molar refractivity (Wildman–Crippen MR) is 76.1 cm³/mol. The van der Waals surface area contributed by atoms with E-state index in [1.54, 1.807) is 6.92 Å². The van der Waals surface area contributed by atoms with Crippen molar-refractivity contribution in [1.82, 2.24) is 9.30 Å². The molecule has 0 saturated heterocycles.